The minimum absolute atomic E-state index is 0.498. The number of fused-ring (bicyclic) bond motifs is 1. The standard InChI is InChI=1S/C25H19ClN2O2/c26-19-10-12-23(29-16-17-6-2-1-3-7-17)18(14-19)15-20-11-13-24(30-20)25-27-21-8-4-5-9-22(21)28-25/h1-14H,15-16H2,(H,27,28). The van der Waals surface area contributed by atoms with E-state index in [2.05, 4.69) is 9.97 Å². The van der Waals surface area contributed by atoms with Crippen molar-refractivity contribution in [2.45, 2.75) is 13.0 Å². The van der Waals surface area contributed by atoms with Gasteiger partial charge in [0.05, 0.1) is 11.0 Å². The quantitative estimate of drug-likeness (QED) is 0.338. The maximum absolute atomic E-state index is 6.25. The number of ether oxygens (including phenoxy) is 1. The number of benzene rings is 3. The molecule has 0 aliphatic carbocycles. The lowest BCUT2D eigenvalue weighted by Gasteiger charge is -2.11. The molecule has 5 rings (SSSR count). The molecule has 0 radical (unpaired) electrons. The molecule has 0 aliphatic rings. The van der Waals surface area contributed by atoms with Crippen molar-refractivity contribution in [3.05, 3.63) is 107 Å². The zero-order valence-corrected chi connectivity index (χ0v) is 16.9. The summed E-state index contributed by atoms with van der Waals surface area (Å²) in [5.41, 5.74) is 3.99. The van der Waals surface area contributed by atoms with Gasteiger partial charge >= 0.3 is 0 Å². The van der Waals surface area contributed by atoms with Crippen LogP contribution in [-0.4, -0.2) is 9.97 Å². The topological polar surface area (TPSA) is 51.0 Å². The highest BCUT2D eigenvalue weighted by Gasteiger charge is 2.13. The largest absolute Gasteiger partial charge is 0.489 e. The molecule has 0 spiro atoms. The summed E-state index contributed by atoms with van der Waals surface area (Å²) in [5, 5.41) is 0.668. The molecule has 0 unspecified atom stereocenters. The van der Waals surface area contributed by atoms with Crippen molar-refractivity contribution in [3.63, 3.8) is 0 Å². The third-order valence-electron chi connectivity index (χ3n) is 4.91. The highest BCUT2D eigenvalue weighted by atomic mass is 35.5. The van der Waals surface area contributed by atoms with E-state index in [-0.39, 0.29) is 0 Å². The Morgan fingerprint density at radius 3 is 2.60 bits per heavy atom. The third kappa shape index (κ3) is 3.95. The highest BCUT2D eigenvalue weighted by molar-refractivity contribution is 6.30. The van der Waals surface area contributed by atoms with Crippen LogP contribution in [0.5, 0.6) is 5.75 Å². The minimum Gasteiger partial charge on any atom is -0.489 e. The van der Waals surface area contributed by atoms with Crippen molar-refractivity contribution in [2.24, 2.45) is 0 Å². The summed E-state index contributed by atoms with van der Waals surface area (Å²) >= 11 is 6.25. The fourth-order valence-corrected chi connectivity index (χ4v) is 3.61. The van der Waals surface area contributed by atoms with Gasteiger partial charge in [-0.1, -0.05) is 54.1 Å². The van der Waals surface area contributed by atoms with E-state index in [1.54, 1.807) is 0 Å². The molecule has 0 saturated carbocycles. The lowest BCUT2D eigenvalue weighted by atomic mass is 10.1. The van der Waals surface area contributed by atoms with Gasteiger partial charge in [-0.15, -0.1) is 0 Å². The second-order valence-electron chi connectivity index (χ2n) is 7.07. The maximum Gasteiger partial charge on any atom is 0.174 e. The van der Waals surface area contributed by atoms with Crippen molar-refractivity contribution in [2.75, 3.05) is 0 Å². The molecule has 2 heterocycles. The Bertz CT molecular complexity index is 1260. The van der Waals surface area contributed by atoms with Gasteiger partial charge in [-0.2, -0.15) is 0 Å². The number of furan rings is 1. The van der Waals surface area contributed by atoms with Crippen molar-refractivity contribution in [3.8, 4) is 17.3 Å². The lowest BCUT2D eigenvalue weighted by Crippen LogP contribution is -1.99. The number of imidazole rings is 1. The van der Waals surface area contributed by atoms with E-state index in [9.17, 15) is 0 Å². The smallest absolute Gasteiger partial charge is 0.174 e. The Kier molecular flexibility index (Phi) is 4.99. The second-order valence-corrected chi connectivity index (χ2v) is 7.51. The van der Waals surface area contributed by atoms with Crippen LogP contribution in [0.2, 0.25) is 5.02 Å². The number of hydrogen-bond donors (Lipinski definition) is 1. The van der Waals surface area contributed by atoms with Crippen molar-refractivity contribution in [1.29, 1.82) is 0 Å². The molecule has 0 bridgehead atoms. The van der Waals surface area contributed by atoms with Crippen LogP contribution in [0, 0.1) is 0 Å². The van der Waals surface area contributed by atoms with E-state index in [0.717, 1.165) is 33.7 Å². The number of nitrogens with zero attached hydrogens (tertiary/aromatic N) is 1. The normalized spacial score (nSPS) is 11.1. The Morgan fingerprint density at radius 1 is 0.900 bits per heavy atom. The van der Waals surface area contributed by atoms with E-state index in [1.807, 2.05) is 84.9 Å². The molecule has 1 N–H and O–H groups in total. The van der Waals surface area contributed by atoms with Crippen LogP contribution in [0.4, 0.5) is 0 Å². The first-order valence-electron chi connectivity index (χ1n) is 9.73. The third-order valence-corrected chi connectivity index (χ3v) is 5.14. The summed E-state index contributed by atoms with van der Waals surface area (Å²) in [6, 6.07) is 27.6. The SMILES string of the molecule is Clc1ccc(OCc2ccccc2)c(Cc2ccc(-c3nc4ccccc4[nH]3)o2)c1. The number of H-pyrrole nitrogens is 1. The Balaban J connectivity index is 1.37. The zero-order chi connectivity index (χ0) is 20.3. The predicted octanol–water partition coefficient (Wildman–Crippen LogP) is 6.65. The molecule has 0 aliphatic heterocycles. The van der Waals surface area contributed by atoms with E-state index < -0.39 is 0 Å². The summed E-state index contributed by atoms with van der Waals surface area (Å²) in [6.07, 6.45) is 0.574. The number of nitrogens with one attached hydrogen (secondary N) is 1. The first-order chi connectivity index (χ1) is 14.7. The summed E-state index contributed by atoms with van der Waals surface area (Å²) in [4.78, 5) is 7.90. The number of aromatic nitrogens is 2. The average molecular weight is 415 g/mol. The molecule has 0 saturated heterocycles. The van der Waals surface area contributed by atoms with Gasteiger partial charge in [-0.3, -0.25) is 0 Å². The van der Waals surface area contributed by atoms with Gasteiger partial charge < -0.3 is 14.1 Å². The van der Waals surface area contributed by atoms with Crippen LogP contribution in [0.1, 0.15) is 16.9 Å². The second kappa shape index (κ2) is 8.09. The number of rotatable bonds is 6. The van der Waals surface area contributed by atoms with Gasteiger partial charge in [0.25, 0.3) is 0 Å². The first kappa shape index (κ1) is 18.5. The fraction of sp³-hybridized carbons (Fsp3) is 0.0800. The molecule has 4 nitrogen and oxygen atoms in total. The predicted molar refractivity (Wildman–Crippen MR) is 119 cm³/mol. The van der Waals surface area contributed by atoms with Crippen molar-refractivity contribution < 1.29 is 9.15 Å². The summed E-state index contributed by atoms with van der Waals surface area (Å²) in [5.74, 6) is 3.03. The van der Waals surface area contributed by atoms with Crippen LogP contribution in [-0.2, 0) is 13.0 Å². The maximum atomic E-state index is 6.25. The molecule has 5 heteroatoms. The molecule has 5 aromatic rings. The van der Waals surface area contributed by atoms with Crippen LogP contribution < -0.4 is 4.74 Å². The molecule has 148 valence electrons. The first-order valence-corrected chi connectivity index (χ1v) is 10.1. The molecular formula is C25H19ClN2O2. The number of para-hydroxylation sites is 2. The van der Waals surface area contributed by atoms with Crippen molar-refractivity contribution >= 4 is 22.6 Å². The van der Waals surface area contributed by atoms with Gasteiger partial charge in [0.2, 0.25) is 0 Å². The van der Waals surface area contributed by atoms with Gasteiger partial charge in [-0.05, 0) is 48.0 Å². The number of halogens is 1. The van der Waals surface area contributed by atoms with Gasteiger partial charge in [0, 0.05) is 17.0 Å². The lowest BCUT2D eigenvalue weighted by molar-refractivity contribution is 0.303. The summed E-state index contributed by atoms with van der Waals surface area (Å²) in [7, 11) is 0. The van der Waals surface area contributed by atoms with E-state index in [1.165, 1.54) is 0 Å². The molecule has 3 aromatic carbocycles. The monoisotopic (exact) mass is 414 g/mol. The van der Waals surface area contributed by atoms with Crippen LogP contribution in [0.25, 0.3) is 22.6 Å². The van der Waals surface area contributed by atoms with Crippen molar-refractivity contribution in [1.82, 2.24) is 9.97 Å². The fourth-order valence-electron chi connectivity index (χ4n) is 3.42. The molecule has 0 atom stereocenters. The zero-order valence-electron chi connectivity index (χ0n) is 16.1. The Hall–Kier alpha value is -3.50. The van der Waals surface area contributed by atoms with E-state index >= 15 is 0 Å². The summed E-state index contributed by atoms with van der Waals surface area (Å²) < 4.78 is 12.1. The molecular weight excluding hydrogens is 396 g/mol. The molecule has 2 aromatic heterocycles. The van der Waals surface area contributed by atoms with Crippen LogP contribution >= 0.6 is 11.6 Å². The van der Waals surface area contributed by atoms with E-state index in [0.29, 0.717) is 29.6 Å². The number of aromatic amines is 1. The van der Waals surface area contributed by atoms with Gasteiger partial charge in [0.15, 0.2) is 11.6 Å². The Labute approximate surface area is 179 Å². The minimum atomic E-state index is 0.498. The van der Waals surface area contributed by atoms with Crippen LogP contribution in [0.15, 0.2) is 89.3 Å². The number of hydrogen-bond acceptors (Lipinski definition) is 3. The van der Waals surface area contributed by atoms with Crippen LogP contribution in [0.3, 0.4) is 0 Å². The molecule has 30 heavy (non-hydrogen) atoms. The highest BCUT2D eigenvalue weighted by Crippen LogP contribution is 2.29. The average Bonchev–Trinajstić information content (AvgIpc) is 3.41. The van der Waals surface area contributed by atoms with E-state index in [4.69, 9.17) is 20.8 Å². The summed E-state index contributed by atoms with van der Waals surface area (Å²) in [6.45, 7) is 0.498. The Morgan fingerprint density at radius 2 is 1.73 bits per heavy atom. The van der Waals surface area contributed by atoms with Gasteiger partial charge in [0.1, 0.15) is 18.1 Å². The molecule has 0 fully saturated rings. The molecule has 0 amide bonds. The van der Waals surface area contributed by atoms with Gasteiger partial charge in [-0.25, -0.2) is 4.98 Å².